The second kappa shape index (κ2) is 5.60. The van der Waals surface area contributed by atoms with E-state index in [1.54, 1.807) is 37.5 Å². The minimum Gasteiger partial charge on any atom is -0.504 e. The molecule has 2 aliphatic rings. The van der Waals surface area contributed by atoms with E-state index in [0.717, 1.165) is 5.56 Å². The number of Topliss-reactive ketones (excluding diaryl/α,β-unsaturated/α-hetero) is 1. The summed E-state index contributed by atoms with van der Waals surface area (Å²) in [5.74, 6) is 0.335. The molecular weight excluding hydrogens is 284 g/mol. The molecule has 0 fully saturated rings. The zero-order valence-electron chi connectivity index (χ0n) is 12.3. The number of carbonyl (C=O) groups is 1. The molecular formula is C17H16O5. The van der Waals surface area contributed by atoms with Gasteiger partial charge in [0.2, 0.25) is 0 Å². The minimum atomic E-state index is -0.555. The van der Waals surface area contributed by atoms with Crippen LogP contribution in [0.4, 0.5) is 0 Å². The number of hydrogen-bond acceptors (Lipinski definition) is 5. The van der Waals surface area contributed by atoms with Crippen molar-refractivity contribution in [2.75, 3.05) is 14.2 Å². The summed E-state index contributed by atoms with van der Waals surface area (Å²) >= 11 is 0. The highest BCUT2D eigenvalue weighted by atomic mass is 16.5. The summed E-state index contributed by atoms with van der Waals surface area (Å²) in [6.45, 7) is 0. The van der Waals surface area contributed by atoms with Crippen molar-refractivity contribution in [2.45, 2.75) is 6.10 Å². The van der Waals surface area contributed by atoms with Crippen molar-refractivity contribution >= 4 is 11.4 Å². The summed E-state index contributed by atoms with van der Waals surface area (Å²) in [5, 5.41) is 9.87. The van der Waals surface area contributed by atoms with E-state index in [0.29, 0.717) is 17.1 Å². The minimum absolute atomic E-state index is 0.0447. The summed E-state index contributed by atoms with van der Waals surface area (Å²) in [6.07, 6.45) is 4.09. The Bertz CT molecular complexity index is 682. The zero-order valence-corrected chi connectivity index (χ0v) is 12.3. The number of allylic oxidation sites excluding steroid dienone is 1. The first-order valence-corrected chi connectivity index (χ1v) is 6.85. The molecule has 1 heterocycles. The van der Waals surface area contributed by atoms with Crippen LogP contribution in [0.3, 0.4) is 0 Å². The lowest BCUT2D eigenvalue weighted by molar-refractivity contribution is -0.119. The summed E-state index contributed by atoms with van der Waals surface area (Å²) in [4.78, 5) is 12.6. The Morgan fingerprint density at radius 1 is 1.09 bits per heavy atom. The van der Waals surface area contributed by atoms with Gasteiger partial charge in [-0.3, -0.25) is 4.79 Å². The van der Waals surface area contributed by atoms with Crippen LogP contribution in [-0.2, 0) is 14.3 Å². The van der Waals surface area contributed by atoms with Gasteiger partial charge in [0.1, 0.15) is 11.9 Å². The van der Waals surface area contributed by atoms with E-state index in [1.165, 1.54) is 19.4 Å². The quantitative estimate of drug-likeness (QED) is 0.929. The Balaban J connectivity index is 1.91. The van der Waals surface area contributed by atoms with Crippen LogP contribution in [0.5, 0.6) is 5.75 Å². The number of ether oxygens (including phenoxy) is 3. The van der Waals surface area contributed by atoms with E-state index in [4.69, 9.17) is 14.2 Å². The summed E-state index contributed by atoms with van der Waals surface area (Å²) in [6, 6.07) is 7.17. The number of rotatable bonds is 3. The van der Waals surface area contributed by atoms with Crippen LogP contribution < -0.4 is 4.74 Å². The summed E-state index contributed by atoms with van der Waals surface area (Å²) < 4.78 is 15.8. The monoisotopic (exact) mass is 300 g/mol. The third kappa shape index (κ3) is 2.35. The van der Waals surface area contributed by atoms with Crippen molar-refractivity contribution in [3.63, 3.8) is 0 Å². The Kier molecular flexibility index (Phi) is 3.63. The number of benzene rings is 1. The number of carbonyl (C=O) groups excluding carboxylic acids is 1. The van der Waals surface area contributed by atoms with Crippen LogP contribution in [-0.4, -0.2) is 31.2 Å². The average molecular weight is 300 g/mol. The second-order valence-corrected chi connectivity index (χ2v) is 5.04. The third-order valence-electron chi connectivity index (χ3n) is 3.79. The van der Waals surface area contributed by atoms with Gasteiger partial charge in [-0.2, -0.15) is 0 Å². The molecule has 2 unspecified atom stereocenters. The second-order valence-electron chi connectivity index (χ2n) is 5.04. The van der Waals surface area contributed by atoms with Crippen molar-refractivity contribution in [1.29, 1.82) is 0 Å². The first-order valence-electron chi connectivity index (χ1n) is 6.85. The number of ketones is 1. The number of fused-ring (bicyclic) bond motifs is 1. The number of aliphatic hydroxyl groups excluding tert-OH is 1. The van der Waals surface area contributed by atoms with E-state index >= 15 is 0 Å². The van der Waals surface area contributed by atoms with Crippen molar-refractivity contribution in [2.24, 2.45) is 5.92 Å². The van der Waals surface area contributed by atoms with Crippen LogP contribution in [0, 0.1) is 5.92 Å². The topological polar surface area (TPSA) is 65.0 Å². The molecule has 1 aliphatic carbocycles. The molecule has 0 saturated heterocycles. The van der Waals surface area contributed by atoms with Crippen molar-refractivity contribution in [1.82, 2.24) is 0 Å². The molecule has 5 nitrogen and oxygen atoms in total. The van der Waals surface area contributed by atoms with Gasteiger partial charge in [0.25, 0.3) is 0 Å². The fraction of sp³-hybridized carbons (Fsp3) is 0.235. The van der Waals surface area contributed by atoms with Gasteiger partial charge in [0.15, 0.2) is 17.3 Å². The van der Waals surface area contributed by atoms with Gasteiger partial charge in [-0.05, 0) is 23.8 Å². The molecule has 1 aromatic rings. The zero-order chi connectivity index (χ0) is 15.7. The van der Waals surface area contributed by atoms with Gasteiger partial charge < -0.3 is 19.3 Å². The van der Waals surface area contributed by atoms with E-state index in [9.17, 15) is 9.90 Å². The number of aliphatic hydroxyl groups is 1. The molecule has 22 heavy (non-hydrogen) atoms. The van der Waals surface area contributed by atoms with E-state index < -0.39 is 12.0 Å². The molecule has 1 aromatic carbocycles. The van der Waals surface area contributed by atoms with Crippen molar-refractivity contribution in [3.05, 3.63) is 59.8 Å². The maximum Gasteiger partial charge on any atom is 0.177 e. The standard InChI is InChI=1S/C17H16O5/c1-20-11-5-3-10(4-6-11)13-9-22-15-8-16(21-2)14(18)7-12(15)17(13)19/h3-9,12,15,18H,1-2H3. The van der Waals surface area contributed by atoms with Crippen LogP contribution in [0.15, 0.2) is 54.2 Å². The predicted octanol–water partition coefficient (Wildman–Crippen LogP) is 2.61. The van der Waals surface area contributed by atoms with Gasteiger partial charge in [-0.15, -0.1) is 0 Å². The molecule has 0 saturated carbocycles. The van der Waals surface area contributed by atoms with E-state index in [-0.39, 0.29) is 11.5 Å². The highest BCUT2D eigenvalue weighted by molar-refractivity contribution is 6.23. The molecule has 3 rings (SSSR count). The normalized spacial score (nSPS) is 23.5. The molecule has 1 N–H and O–H groups in total. The molecule has 0 radical (unpaired) electrons. The van der Waals surface area contributed by atoms with Crippen molar-refractivity contribution in [3.8, 4) is 5.75 Å². The lowest BCUT2D eigenvalue weighted by atomic mass is 9.84. The van der Waals surface area contributed by atoms with Crippen LogP contribution in [0.1, 0.15) is 5.56 Å². The van der Waals surface area contributed by atoms with Crippen LogP contribution in [0.2, 0.25) is 0 Å². The lowest BCUT2D eigenvalue weighted by Gasteiger charge is -2.30. The molecule has 0 bridgehead atoms. The molecule has 5 heteroatoms. The SMILES string of the molecule is COC1=CC2OC=C(c3ccc(OC)cc3)C(=O)C2C=C1O. The highest BCUT2D eigenvalue weighted by Crippen LogP contribution is 2.34. The Morgan fingerprint density at radius 3 is 2.45 bits per heavy atom. The smallest absolute Gasteiger partial charge is 0.177 e. The largest absolute Gasteiger partial charge is 0.504 e. The van der Waals surface area contributed by atoms with E-state index in [1.807, 2.05) is 0 Å². The Morgan fingerprint density at radius 2 is 1.82 bits per heavy atom. The van der Waals surface area contributed by atoms with Gasteiger partial charge in [-0.1, -0.05) is 12.1 Å². The van der Waals surface area contributed by atoms with Gasteiger partial charge >= 0.3 is 0 Å². The molecule has 0 amide bonds. The lowest BCUT2D eigenvalue weighted by Crippen LogP contribution is -2.34. The van der Waals surface area contributed by atoms with Gasteiger partial charge in [0.05, 0.1) is 32.0 Å². The first-order chi connectivity index (χ1) is 10.6. The number of methoxy groups -OCH3 is 2. The molecule has 2 atom stereocenters. The summed E-state index contributed by atoms with van der Waals surface area (Å²) in [5.41, 5.74) is 1.22. The fourth-order valence-electron chi connectivity index (χ4n) is 2.57. The highest BCUT2D eigenvalue weighted by Gasteiger charge is 2.37. The molecule has 0 spiro atoms. The fourth-order valence-corrected chi connectivity index (χ4v) is 2.57. The van der Waals surface area contributed by atoms with Crippen molar-refractivity contribution < 1.29 is 24.1 Å². The summed E-state index contributed by atoms with van der Waals surface area (Å²) in [7, 11) is 3.04. The van der Waals surface area contributed by atoms with Gasteiger partial charge in [0, 0.05) is 6.08 Å². The van der Waals surface area contributed by atoms with E-state index in [2.05, 4.69) is 0 Å². The molecule has 114 valence electrons. The molecule has 1 aliphatic heterocycles. The Labute approximate surface area is 128 Å². The maximum absolute atomic E-state index is 12.6. The Hall–Kier alpha value is -2.69. The van der Waals surface area contributed by atoms with Crippen LogP contribution in [0.25, 0.3) is 5.57 Å². The third-order valence-corrected chi connectivity index (χ3v) is 3.79. The predicted molar refractivity (Wildman–Crippen MR) is 80.1 cm³/mol. The van der Waals surface area contributed by atoms with Crippen LogP contribution >= 0.6 is 0 Å². The maximum atomic E-state index is 12.6. The first kappa shape index (κ1) is 14.3. The van der Waals surface area contributed by atoms with Gasteiger partial charge in [-0.25, -0.2) is 0 Å². The molecule has 0 aromatic heterocycles. The number of hydrogen-bond donors (Lipinski definition) is 1. The average Bonchev–Trinajstić information content (AvgIpc) is 2.55.